The molecule has 5 nitrogen and oxygen atoms in total. The predicted octanol–water partition coefficient (Wildman–Crippen LogP) is 1.31. The van der Waals surface area contributed by atoms with Gasteiger partial charge in [0.25, 0.3) is 0 Å². The van der Waals surface area contributed by atoms with Crippen molar-refractivity contribution in [1.82, 2.24) is 4.90 Å². The van der Waals surface area contributed by atoms with Crippen LogP contribution in [-0.2, 0) is 16.0 Å². The van der Waals surface area contributed by atoms with E-state index >= 15 is 0 Å². The van der Waals surface area contributed by atoms with E-state index in [-0.39, 0.29) is 12.3 Å². The van der Waals surface area contributed by atoms with Crippen molar-refractivity contribution in [1.29, 1.82) is 0 Å². The molecule has 19 heavy (non-hydrogen) atoms. The second-order valence-electron chi connectivity index (χ2n) is 4.61. The van der Waals surface area contributed by atoms with Crippen molar-refractivity contribution >= 4 is 11.9 Å². The Hall–Kier alpha value is -2.04. The molecule has 102 valence electrons. The fraction of sp³-hybridized carbons (Fsp3) is 0.429. The molecule has 1 saturated heterocycles. The molecule has 1 aromatic carbocycles. The highest BCUT2D eigenvalue weighted by atomic mass is 16.5. The quantitative estimate of drug-likeness (QED) is 0.889. The molecule has 1 aliphatic rings. The third kappa shape index (κ3) is 3.05. The number of amides is 1. The molecule has 0 aliphatic carbocycles. The SMILES string of the molecule is COc1ccc(CC(=O)N2CCC[C@H]2C(=O)O)cc1. The smallest absolute Gasteiger partial charge is 0.326 e. The molecule has 1 fully saturated rings. The van der Waals surface area contributed by atoms with Gasteiger partial charge < -0.3 is 14.7 Å². The van der Waals surface area contributed by atoms with Crippen molar-refractivity contribution in [2.24, 2.45) is 0 Å². The zero-order valence-electron chi connectivity index (χ0n) is 10.8. The Morgan fingerprint density at radius 1 is 1.37 bits per heavy atom. The first kappa shape index (κ1) is 13.4. The Balaban J connectivity index is 2.01. The first-order valence-corrected chi connectivity index (χ1v) is 6.27. The third-order valence-electron chi connectivity index (χ3n) is 3.37. The number of hydrogen-bond acceptors (Lipinski definition) is 3. The topological polar surface area (TPSA) is 66.8 Å². The van der Waals surface area contributed by atoms with E-state index in [1.807, 2.05) is 12.1 Å². The molecule has 1 heterocycles. The summed E-state index contributed by atoms with van der Waals surface area (Å²) in [6.45, 7) is 0.534. The minimum Gasteiger partial charge on any atom is -0.497 e. The molecule has 0 aromatic heterocycles. The van der Waals surface area contributed by atoms with Gasteiger partial charge in [-0.2, -0.15) is 0 Å². The first-order chi connectivity index (χ1) is 9.11. The molecule has 0 saturated carbocycles. The minimum absolute atomic E-state index is 0.130. The maximum atomic E-state index is 12.1. The third-order valence-corrected chi connectivity index (χ3v) is 3.37. The van der Waals surface area contributed by atoms with E-state index in [1.165, 1.54) is 4.90 Å². The van der Waals surface area contributed by atoms with Gasteiger partial charge in [0.15, 0.2) is 0 Å². The Bertz CT molecular complexity index is 469. The standard InChI is InChI=1S/C14H17NO4/c1-19-11-6-4-10(5-7-11)9-13(16)15-8-2-3-12(15)14(17)18/h4-7,12H,2-3,8-9H2,1H3,(H,17,18)/t12-/m0/s1. The molecule has 0 unspecified atom stereocenters. The molecule has 5 heteroatoms. The molecule has 1 amide bonds. The summed E-state index contributed by atoms with van der Waals surface area (Å²) in [6, 6.07) is 6.57. The molecular weight excluding hydrogens is 246 g/mol. The normalized spacial score (nSPS) is 18.4. The monoisotopic (exact) mass is 263 g/mol. The summed E-state index contributed by atoms with van der Waals surface area (Å²) in [6.07, 6.45) is 1.53. The van der Waals surface area contributed by atoms with E-state index in [9.17, 15) is 9.59 Å². The van der Waals surface area contributed by atoms with Crippen molar-refractivity contribution in [2.75, 3.05) is 13.7 Å². The number of aliphatic carboxylic acids is 1. The summed E-state index contributed by atoms with van der Waals surface area (Å²) in [5, 5.41) is 9.06. The largest absolute Gasteiger partial charge is 0.497 e. The van der Waals surface area contributed by atoms with Crippen LogP contribution in [-0.4, -0.2) is 41.6 Å². The van der Waals surface area contributed by atoms with Crippen LogP contribution in [0.15, 0.2) is 24.3 Å². The van der Waals surface area contributed by atoms with Gasteiger partial charge in [-0.1, -0.05) is 12.1 Å². The fourth-order valence-corrected chi connectivity index (χ4v) is 2.34. The lowest BCUT2D eigenvalue weighted by Gasteiger charge is -2.21. The van der Waals surface area contributed by atoms with E-state index < -0.39 is 12.0 Å². The van der Waals surface area contributed by atoms with Crippen LogP contribution in [0.5, 0.6) is 5.75 Å². The summed E-state index contributed by atoms with van der Waals surface area (Å²) in [5.74, 6) is -0.309. The number of rotatable bonds is 4. The van der Waals surface area contributed by atoms with Crippen LogP contribution < -0.4 is 4.74 Å². The van der Waals surface area contributed by atoms with Crippen molar-refractivity contribution < 1.29 is 19.4 Å². The maximum absolute atomic E-state index is 12.1. The van der Waals surface area contributed by atoms with E-state index in [0.29, 0.717) is 13.0 Å². The molecule has 0 spiro atoms. The molecule has 0 bridgehead atoms. The van der Waals surface area contributed by atoms with Gasteiger partial charge in [0.2, 0.25) is 5.91 Å². The zero-order chi connectivity index (χ0) is 13.8. The van der Waals surface area contributed by atoms with Gasteiger partial charge in [-0.3, -0.25) is 4.79 Å². The number of carboxylic acids is 1. The molecule has 1 atom stereocenters. The van der Waals surface area contributed by atoms with Gasteiger partial charge >= 0.3 is 5.97 Å². The Morgan fingerprint density at radius 2 is 2.05 bits per heavy atom. The molecule has 1 N–H and O–H groups in total. The number of hydrogen-bond donors (Lipinski definition) is 1. The van der Waals surface area contributed by atoms with Gasteiger partial charge in [-0.05, 0) is 30.5 Å². The lowest BCUT2D eigenvalue weighted by atomic mass is 10.1. The van der Waals surface area contributed by atoms with Crippen molar-refractivity contribution in [2.45, 2.75) is 25.3 Å². The number of carbonyl (C=O) groups excluding carboxylic acids is 1. The number of carboxylic acid groups (broad SMARTS) is 1. The maximum Gasteiger partial charge on any atom is 0.326 e. The van der Waals surface area contributed by atoms with E-state index in [0.717, 1.165) is 17.7 Å². The number of nitrogens with zero attached hydrogens (tertiary/aromatic N) is 1. The number of methoxy groups -OCH3 is 1. The summed E-state index contributed by atoms with van der Waals surface area (Å²) >= 11 is 0. The molecule has 1 aliphatic heterocycles. The second-order valence-corrected chi connectivity index (χ2v) is 4.61. The molecule has 1 aromatic rings. The van der Waals surface area contributed by atoms with Gasteiger partial charge in [0.1, 0.15) is 11.8 Å². The van der Waals surface area contributed by atoms with Gasteiger partial charge in [-0.25, -0.2) is 4.79 Å². The van der Waals surface area contributed by atoms with Crippen LogP contribution in [0.1, 0.15) is 18.4 Å². The lowest BCUT2D eigenvalue weighted by Crippen LogP contribution is -2.41. The van der Waals surface area contributed by atoms with Crippen LogP contribution in [0.3, 0.4) is 0 Å². The van der Waals surface area contributed by atoms with Crippen molar-refractivity contribution in [3.05, 3.63) is 29.8 Å². The lowest BCUT2D eigenvalue weighted by molar-refractivity contribution is -0.148. The van der Waals surface area contributed by atoms with E-state index in [1.54, 1.807) is 19.2 Å². The number of ether oxygens (including phenoxy) is 1. The zero-order valence-corrected chi connectivity index (χ0v) is 10.8. The Morgan fingerprint density at radius 3 is 2.63 bits per heavy atom. The number of likely N-dealkylation sites (tertiary alicyclic amines) is 1. The number of benzene rings is 1. The van der Waals surface area contributed by atoms with E-state index in [4.69, 9.17) is 9.84 Å². The predicted molar refractivity (Wildman–Crippen MR) is 69.1 cm³/mol. The Labute approximate surface area is 111 Å². The van der Waals surface area contributed by atoms with Gasteiger partial charge in [-0.15, -0.1) is 0 Å². The van der Waals surface area contributed by atoms with Crippen LogP contribution >= 0.6 is 0 Å². The highest BCUT2D eigenvalue weighted by molar-refractivity contribution is 5.85. The van der Waals surface area contributed by atoms with Crippen LogP contribution in [0.25, 0.3) is 0 Å². The van der Waals surface area contributed by atoms with Crippen molar-refractivity contribution in [3.8, 4) is 5.75 Å². The summed E-state index contributed by atoms with van der Waals surface area (Å²) in [7, 11) is 1.59. The van der Waals surface area contributed by atoms with Crippen LogP contribution in [0.4, 0.5) is 0 Å². The highest BCUT2D eigenvalue weighted by Crippen LogP contribution is 2.19. The molecule has 2 rings (SSSR count). The van der Waals surface area contributed by atoms with Crippen molar-refractivity contribution in [3.63, 3.8) is 0 Å². The summed E-state index contributed by atoms with van der Waals surface area (Å²) < 4.78 is 5.05. The summed E-state index contributed by atoms with van der Waals surface area (Å²) in [4.78, 5) is 24.6. The second kappa shape index (κ2) is 5.73. The van der Waals surface area contributed by atoms with E-state index in [2.05, 4.69) is 0 Å². The Kier molecular flexibility index (Phi) is 4.04. The average molecular weight is 263 g/mol. The van der Waals surface area contributed by atoms with Gasteiger partial charge in [0.05, 0.1) is 13.5 Å². The average Bonchev–Trinajstić information content (AvgIpc) is 2.89. The fourth-order valence-electron chi connectivity index (χ4n) is 2.34. The van der Waals surface area contributed by atoms with Gasteiger partial charge in [0, 0.05) is 6.54 Å². The molecular formula is C14H17NO4. The van der Waals surface area contributed by atoms with Crippen LogP contribution in [0.2, 0.25) is 0 Å². The minimum atomic E-state index is -0.916. The van der Waals surface area contributed by atoms with Crippen LogP contribution in [0, 0.1) is 0 Å². The first-order valence-electron chi connectivity index (χ1n) is 6.27. The summed E-state index contributed by atoms with van der Waals surface area (Å²) in [5.41, 5.74) is 0.863. The highest BCUT2D eigenvalue weighted by Gasteiger charge is 2.33. The number of carbonyl (C=O) groups is 2. The molecule has 0 radical (unpaired) electrons.